The van der Waals surface area contributed by atoms with Gasteiger partial charge in [-0.1, -0.05) is 24.3 Å². The topological polar surface area (TPSA) is 130 Å². The van der Waals surface area contributed by atoms with E-state index in [4.69, 9.17) is 24.9 Å². The minimum atomic E-state index is -1.01. The second-order valence-corrected chi connectivity index (χ2v) is 7.60. The van der Waals surface area contributed by atoms with Gasteiger partial charge in [0.1, 0.15) is 0 Å². The van der Waals surface area contributed by atoms with Crippen LogP contribution < -0.4 is 20.5 Å². The Hall–Kier alpha value is -4.40. The summed E-state index contributed by atoms with van der Waals surface area (Å²) in [5.41, 5.74) is 9.27. The monoisotopic (exact) mass is 461 g/mol. The summed E-state index contributed by atoms with van der Waals surface area (Å²) in [4.78, 5) is 40.4. The number of rotatable bonds is 6. The molecule has 9 nitrogen and oxygen atoms in total. The van der Waals surface area contributed by atoms with E-state index in [9.17, 15) is 14.4 Å². The number of carbonyl (C=O) groups is 3. The lowest BCUT2D eigenvalue weighted by atomic mass is 10.0. The van der Waals surface area contributed by atoms with Crippen LogP contribution >= 0.6 is 0 Å². The first-order chi connectivity index (χ1) is 16.4. The summed E-state index contributed by atoms with van der Waals surface area (Å²) in [5.74, 6) is -0.224. The Balaban J connectivity index is 1.73. The number of imide groups is 1. The Morgan fingerprint density at radius 2 is 1.82 bits per heavy atom. The molecule has 0 atom stereocenters. The lowest BCUT2D eigenvalue weighted by molar-refractivity contribution is -0.123. The van der Waals surface area contributed by atoms with Crippen LogP contribution in [-0.2, 0) is 16.0 Å². The number of para-hydroxylation sites is 1. The van der Waals surface area contributed by atoms with Crippen molar-refractivity contribution in [3.63, 3.8) is 0 Å². The molecule has 0 bridgehead atoms. The van der Waals surface area contributed by atoms with Crippen LogP contribution in [0.3, 0.4) is 0 Å². The van der Waals surface area contributed by atoms with E-state index in [1.165, 1.54) is 0 Å². The number of benzene rings is 2. The van der Waals surface area contributed by atoms with Gasteiger partial charge in [-0.3, -0.25) is 10.1 Å². The molecule has 0 saturated carbocycles. The fourth-order valence-electron chi connectivity index (χ4n) is 4.03. The molecule has 3 N–H and O–H groups in total. The van der Waals surface area contributed by atoms with Gasteiger partial charge in [-0.25, -0.2) is 14.6 Å². The standard InChI is InChI=1S/C25H23N3O6/c1-32-19-10-7-14(12-20(19)33-2)11-15-8-9-17-22(24(30)34-13-21(29)28-25(26)31)16-5-3-4-6-18(16)27-23(15)17/h3-7,10-12H,8-9,13H2,1-2H3,(H3,26,28,29,31)/b15-11+. The lowest BCUT2D eigenvalue weighted by Crippen LogP contribution is -2.37. The predicted octanol–water partition coefficient (Wildman–Crippen LogP) is 3.09. The number of fused-ring (bicyclic) bond motifs is 2. The maximum atomic E-state index is 13.0. The molecule has 4 rings (SSSR count). The number of nitrogens with two attached hydrogens (primary N) is 1. The average molecular weight is 461 g/mol. The van der Waals surface area contributed by atoms with Gasteiger partial charge in [-0.2, -0.15) is 0 Å². The minimum Gasteiger partial charge on any atom is -0.493 e. The number of urea groups is 1. The summed E-state index contributed by atoms with van der Waals surface area (Å²) in [6.45, 7) is -0.623. The molecule has 174 valence electrons. The van der Waals surface area contributed by atoms with Gasteiger partial charge in [0.15, 0.2) is 18.1 Å². The second kappa shape index (κ2) is 9.62. The molecule has 0 fully saturated rings. The third-order valence-corrected chi connectivity index (χ3v) is 5.49. The lowest BCUT2D eigenvalue weighted by Gasteiger charge is -2.12. The van der Waals surface area contributed by atoms with E-state index in [-0.39, 0.29) is 0 Å². The average Bonchev–Trinajstić information content (AvgIpc) is 3.22. The number of hydrogen-bond acceptors (Lipinski definition) is 7. The number of carbonyl (C=O) groups excluding carboxylic acids is 3. The van der Waals surface area contributed by atoms with E-state index < -0.39 is 24.5 Å². The number of aromatic nitrogens is 1. The van der Waals surface area contributed by atoms with Gasteiger partial charge in [0.05, 0.1) is 31.0 Å². The molecule has 1 aromatic heterocycles. The van der Waals surface area contributed by atoms with Crippen molar-refractivity contribution in [2.24, 2.45) is 5.73 Å². The number of methoxy groups -OCH3 is 2. The molecular weight excluding hydrogens is 438 g/mol. The van der Waals surface area contributed by atoms with E-state index in [1.54, 1.807) is 20.3 Å². The van der Waals surface area contributed by atoms with Crippen molar-refractivity contribution < 1.29 is 28.6 Å². The largest absolute Gasteiger partial charge is 0.493 e. The fourth-order valence-corrected chi connectivity index (χ4v) is 4.03. The van der Waals surface area contributed by atoms with E-state index >= 15 is 0 Å². The van der Waals surface area contributed by atoms with Crippen LogP contribution in [0.25, 0.3) is 22.6 Å². The first-order valence-corrected chi connectivity index (χ1v) is 10.5. The number of primary amides is 1. The number of allylic oxidation sites excluding steroid dienone is 1. The Labute approximate surface area is 195 Å². The summed E-state index contributed by atoms with van der Waals surface area (Å²) >= 11 is 0. The number of nitrogens with one attached hydrogen (secondary N) is 1. The Morgan fingerprint density at radius 3 is 2.56 bits per heavy atom. The van der Waals surface area contributed by atoms with Crippen molar-refractivity contribution in [3.8, 4) is 11.5 Å². The van der Waals surface area contributed by atoms with Gasteiger partial charge in [0, 0.05) is 5.39 Å². The van der Waals surface area contributed by atoms with E-state index in [0.717, 1.165) is 16.7 Å². The van der Waals surface area contributed by atoms with Crippen molar-refractivity contribution in [3.05, 3.63) is 64.8 Å². The summed E-state index contributed by atoms with van der Waals surface area (Å²) in [5, 5.41) is 2.51. The molecule has 0 saturated heterocycles. The normalized spacial score (nSPS) is 13.4. The highest BCUT2D eigenvalue weighted by Gasteiger charge is 2.28. The third kappa shape index (κ3) is 4.54. The first-order valence-electron chi connectivity index (χ1n) is 10.5. The second-order valence-electron chi connectivity index (χ2n) is 7.60. The zero-order valence-corrected chi connectivity index (χ0v) is 18.7. The molecule has 3 amide bonds. The quantitative estimate of drug-likeness (QED) is 0.540. The zero-order chi connectivity index (χ0) is 24.2. The highest BCUT2D eigenvalue weighted by Crippen LogP contribution is 2.38. The number of nitrogens with zero attached hydrogens (tertiary/aromatic N) is 1. The van der Waals surface area contributed by atoms with Crippen molar-refractivity contribution >= 4 is 40.5 Å². The van der Waals surface area contributed by atoms with E-state index in [0.29, 0.717) is 46.5 Å². The number of amides is 3. The van der Waals surface area contributed by atoms with Crippen LogP contribution in [0.2, 0.25) is 0 Å². The van der Waals surface area contributed by atoms with Gasteiger partial charge in [-0.15, -0.1) is 0 Å². The van der Waals surface area contributed by atoms with Crippen LogP contribution in [-0.4, -0.2) is 43.7 Å². The maximum Gasteiger partial charge on any atom is 0.339 e. The smallest absolute Gasteiger partial charge is 0.339 e. The van der Waals surface area contributed by atoms with Crippen LogP contribution in [0.1, 0.15) is 33.6 Å². The van der Waals surface area contributed by atoms with Crippen molar-refractivity contribution in [1.29, 1.82) is 0 Å². The molecule has 2 aromatic carbocycles. The molecule has 3 aromatic rings. The van der Waals surface area contributed by atoms with Crippen LogP contribution in [0, 0.1) is 0 Å². The van der Waals surface area contributed by atoms with Gasteiger partial charge in [-0.05, 0) is 53.8 Å². The van der Waals surface area contributed by atoms with E-state index in [1.807, 2.05) is 47.8 Å². The number of esters is 1. The molecule has 1 heterocycles. The summed E-state index contributed by atoms with van der Waals surface area (Å²) in [7, 11) is 3.16. The molecular formula is C25H23N3O6. The predicted molar refractivity (Wildman–Crippen MR) is 125 cm³/mol. The van der Waals surface area contributed by atoms with E-state index in [2.05, 4.69) is 0 Å². The summed E-state index contributed by atoms with van der Waals surface area (Å²) in [6.07, 6.45) is 3.27. The fraction of sp³-hybridized carbons (Fsp3) is 0.200. The van der Waals surface area contributed by atoms with Crippen LogP contribution in [0.15, 0.2) is 42.5 Å². The van der Waals surface area contributed by atoms with Crippen molar-refractivity contribution in [1.82, 2.24) is 10.3 Å². The van der Waals surface area contributed by atoms with Crippen LogP contribution in [0.4, 0.5) is 4.79 Å². The third-order valence-electron chi connectivity index (χ3n) is 5.49. The maximum absolute atomic E-state index is 13.0. The highest BCUT2D eigenvalue weighted by atomic mass is 16.5. The Kier molecular flexibility index (Phi) is 6.44. The van der Waals surface area contributed by atoms with Crippen molar-refractivity contribution in [2.45, 2.75) is 12.8 Å². The van der Waals surface area contributed by atoms with Gasteiger partial charge in [0.25, 0.3) is 5.91 Å². The molecule has 34 heavy (non-hydrogen) atoms. The van der Waals surface area contributed by atoms with Crippen LogP contribution in [0.5, 0.6) is 11.5 Å². The SMILES string of the molecule is COc1ccc(/C=C2\CCc3c2nc2ccccc2c3C(=O)OCC(=O)NC(N)=O)cc1OC. The minimum absolute atomic E-state index is 0.364. The number of hydrogen-bond donors (Lipinski definition) is 2. The molecule has 9 heteroatoms. The first kappa shape index (κ1) is 22.8. The number of pyridine rings is 1. The number of ether oxygens (including phenoxy) is 3. The molecule has 1 aliphatic carbocycles. The summed E-state index contributed by atoms with van der Waals surface area (Å²) in [6, 6.07) is 11.9. The zero-order valence-electron chi connectivity index (χ0n) is 18.7. The molecule has 0 unspecified atom stereocenters. The van der Waals surface area contributed by atoms with Gasteiger partial charge < -0.3 is 19.9 Å². The molecule has 0 radical (unpaired) electrons. The Morgan fingerprint density at radius 1 is 1.06 bits per heavy atom. The van der Waals surface area contributed by atoms with Gasteiger partial charge >= 0.3 is 12.0 Å². The van der Waals surface area contributed by atoms with Crippen molar-refractivity contribution in [2.75, 3.05) is 20.8 Å². The molecule has 1 aliphatic rings. The highest BCUT2D eigenvalue weighted by molar-refractivity contribution is 6.08. The summed E-state index contributed by atoms with van der Waals surface area (Å²) < 4.78 is 15.9. The molecule has 0 spiro atoms. The van der Waals surface area contributed by atoms with Gasteiger partial charge in [0.2, 0.25) is 0 Å². The Bertz CT molecular complexity index is 1330. The molecule has 0 aliphatic heterocycles.